The fourth-order valence-corrected chi connectivity index (χ4v) is 1.41. The van der Waals surface area contributed by atoms with E-state index < -0.39 is 18.0 Å². The lowest BCUT2D eigenvalue weighted by Crippen LogP contribution is -2.27. The van der Waals surface area contributed by atoms with Crippen LogP contribution in [0.3, 0.4) is 0 Å². The van der Waals surface area contributed by atoms with Gasteiger partial charge in [0.1, 0.15) is 25.1 Å². The molecule has 0 heterocycles. The highest BCUT2D eigenvalue weighted by Gasteiger charge is 2.11. The van der Waals surface area contributed by atoms with E-state index in [-0.39, 0.29) is 13.2 Å². The van der Waals surface area contributed by atoms with Gasteiger partial charge in [0.2, 0.25) is 0 Å². The SMILES string of the molecule is C=CC(=O)OCC(COc1ccc(C(=O)OC)cc1)OC. The van der Waals surface area contributed by atoms with E-state index in [0.29, 0.717) is 11.3 Å². The second-order valence-corrected chi connectivity index (χ2v) is 4.02. The van der Waals surface area contributed by atoms with Crippen LogP contribution in [-0.2, 0) is 19.0 Å². The predicted octanol–water partition coefficient (Wildman–Crippen LogP) is 1.60. The molecule has 0 saturated carbocycles. The van der Waals surface area contributed by atoms with Crippen molar-refractivity contribution in [3.05, 3.63) is 42.5 Å². The number of ether oxygens (including phenoxy) is 4. The van der Waals surface area contributed by atoms with Crippen molar-refractivity contribution in [3.8, 4) is 5.75 Å². The molecule has 0 fully saturated rings. The molecule has 1 aromatic carbocycles. The summed E-state index contributed by atoms with van der Waals surface area (Å²) in [5, 5.41) is 0. The Bertz CT molecular complexity index is 479. The fraction of sp³-hybridized carbons (Fsp3) is 0.333. The van der Waals surface area contributed by atoms with Crippen molar-refractivity contribution in [1.82, 2.24) is 0 Å². The van der Waals surface area contributed by atoms with Crippen LogP contribution in [0.2, 0.25) is 0 Å². The van der Waals surface area contributed by atoms with Gasteiger partial charge in [0.15, 0.2) is 0 Å². The minimum absolute atomic E-state index is 0.0710. The Labute approximate surface area is 123 Å². The first-order chi connectivity index (χ1) is 10.1. The summed E-state index contributed by atoms with van der Waals surface area (Å²) in [4.78, 5) is 22.2. The quantitative estimate of drug-likeness (QED) is 0.535. The molecule has 114 valence electrons. The van der Waals surface area contributed by atoms with Gasteiger partial charge in [-0.1, -0.05) is 6.58 Å². The first-order valence-electron chi connectivity index (χ1n) is 6.23. The number of hydrogen-bond acceptors (Lipinski definition) is 6. The lowest BCUT2D eigenvalue weighted by atomic mass is 10.2. The van der Waals surface area contributed by atoms with Crippen LogP contribution in [0.25, 0.3) is 0 Å². The third-order valence-electron chi connectivity index (χ3n) is 2.62. The van der Waals surface area contributed by atoms with Crippen molar-refractivity contribution in [2.75, 3.05) is 27.4 Å². The molecule has 0 aliphatic carbocycles. The van der Waals surface area contributed by atoms with Crippen LogP contribution in [0.5, 0.6) is 5.75 Å². The van der Waals surface area contributed by atoms with Gasteiger partial charge in [-0.2, -0.15) is 0 Å². The van der Waals surface area contributed by atoms with Crippen LogP contribution in [0.4, 0.5) is 0 Å². The van der Waals surface area contributed by atoms with E-state index in [1.807, 2.05) is 0 Å². The molecule has 0 radical (unpaired) electrons. The van der Waals surface area contributed by atoms with Crippen molar-refractivity contribution < 1.29 is 28.5 Å². The van der Waals surface area contributed by atoms with Crippen LogP contribution in [0, 0.1) is 0 Å². The lowest BCUT2D eigenvalue weighted by Gasteiger charge is -2.16. The van der Waals surface area contributed by atoms with Crippen LogP contribution in [-0.4, -0.2) is 45.5 Å². The molecule has 1 rings (SSSR count). The van der Waals surface area contributed by atoms with Gasteiger partial charge in [-0.25, -0.2) is 9.59 Å². The summed E-state index contributed by atoms with van der Waals surface area (Å²) < 4.78 is 20.1. The maximum Gasteiger partial charge on any atom is 0.337 e. The van der Waals surface area contributed by atoms with Crippen molar-refractivity contribution in [2.24, 2.45) is 0 Å². The molecule has 0 N–H and O–H groups in total. The van der Waals surface area contributed by atoms with E-state index in [0.717, 1.165) is 6.08 Å². The highest BCUT2D eigenvalue weighted by atomic mass is 16.6. The Kier molecular flexibility index (Phi) is 6.97. The number of methoxy groups -OCH3 is 2. The molecule has 0 amide bonds. The smallest absolute Gasteiger partial charge is 0.337 e. The van der Waals surface area contributed by atoms with Crippen LogP contribution >= 0.6 is 0 Å². The Morgan fingerprint density at radius 3 is 2.38 bits per heavy atom. The maximum atomic E-state index is 11.3. The van der Waals surface area contributed by atoms with Gasteiger partial charge in [-0.3, -0.25) is 0 Å². The van der Waals surface area contributed by atoms with Gasteiger partial charge in [0.05, 0.1) is 12.7 Å². The third kappa shape index (κ3) is 5.66. The van der Waals surface area contributed by atoms with Gasteiger partial charge >= 0.3 is 11.9 Å². The van der Waals surface area contributed by atoms with Gasteiger partial charge in [0.25, 0.3) is 0 Å². The molecule has 1 atom stereocenters. The zero-order valence-electron chi connectivity index (χ0n) is 12.0. The summed E-state index contributed by atoms with van der Waals surface area (Å²) in [6, 6.07) is 6.49. The zero-order chi connectivity index (χ0) is 15.7. The predicted molar refractivity (Wildman–Crippen MR) is 75.2 cm³/mol. The molecular weight excluding hydrogens is 276 g/mol. The molecule has 0 aliphatic rings. The molecule has 0 aromatic heterocycles. The summed E-state index contributed by atoms with van der Waals surface area (Å²) in [5.41, 5.74) is 0.438. The van der Waals surface area contributed by atoms with Crippen molar-refractivity contribution in [2.45, 2.75) is 6.10 Å². The van der Waals surface area contributed by atoms with E-state index in [2.05, 4.69) is 11.3 Å². The lowest BCUT2D eigenvalue weighted by molar-refractivity contribution is -0.141. The van der Waals surface area contributed by atoms with E-state index in [1.54, 1.807) is 24.3 Å². The molecule has 0 bridgehead atoms. The summed E-state index contributed by atoms with van der Waals surface area (Å²) in [7, 11) is 2.82. The molecule has 1 aromatic rings. The fourth-order valence-electron chi connectivity index (χ4n) is 1.41. The van der Waals surface area contributed by atoms with Gasteiger partial charge in [-0.05, 0) is 24.3 Å². The Morgan fingerprint density at radius 1 is 1.19 bits per heavy atom. The average Bonchev–Trinajstić information content (AvgIpc) is 2.54. The number of hydrogen-bond donors (Lipinski definition) is 0. The summed E-state index contributed by atoms with van der Waals surface area (Å²) in [5.74, 6) is -0.355. The first kappa shape index (κ1) is 16.7. The molecule has 21 heavy (non-hydrogen) atoms. The normalized spacial score (nSPS) is 11.3. The maximum absolute atomic E-state index is 11.3. The van der Waals surface area contributed by atoms with Crippen molar-refractivity contribution >= 4 is 11.9 Å². The van der Waals surface area contributed by atoms with Crippen LogP contribution in [0.1, 0.15) is 10.4 Å². The zero-order valence-corrected chi connectivity index (χ0v) is 12.0. The van der Waals surface area contributed by atoms with Gasteiger partial charge < -0.3 is 18.9 Å². The number of benzene rings is 1. The molecule has 1 unspecified atom stereocenters. The second kappa shape index (κ2) is 8.76. The molecular formula is C15H18O6. The van der Waals surface area contributed by atoms with Crippen molar-refractivity contribution in [1.29, 1.82) is 0 Å². The number of carbonyl (C=O) groups excluding carboxylic acids is 2. The molecule has 0 spiro atoms. The second-order valence-electron chi connectivity index (χ2n) is 4.02. The Hall–Kier alpha value is -2.34. The van der Waals surface area contributed by atoms with E-state index in [9.17, 15) is 9.59 Å². The summed E-state index contributed by atoms with van der Waals surface area (Å²) in [6.07, 6.45) is 0.688. The summed E-state index contributed by atoms with van der Waals surface area (Å²) in [6.45, 7) is 3.58. The number of rotatable bonds is 8. The summed E-state index contributed by atoms with van der Waals surface area (Å²) >= 11 is 0. The minimum Gasteiger partial charge on any atom is -0.491 e. The largest absolute Gasteiger partial charge is 0.491 e. The van der Waals surface area contributed by atoms with E-state index in [4.69, 9.17) is 14.2 Å². The molecule has 6 nitrogen and oxygen atoms in total. The van der Waals surface area contributed by atoms with Crippen LogP contribution < -0.4 is 4.74 Å². The van der Waals surface area contributed by atoms with Crippen LogP contribution in [0.15, 0.2) is 36.9 Å². The molecule has 6 heteroatoms. The van der Waals surface area contributed by atoms with Crippen molar-refractivity contribution in [3.63, 3.8) is 0 Å². The Morgan fingerprint density at radius 2 is 1.86 bits per heavy atom. The van der Waals surface area contributed by atoms with Gasteiger partial charge in [-0.15, -0.1) is 0 Å². The third-order valence-corrected chi connectivity index (χ3v) is 2.62. The molecule has 0 aliphatic heterocycles. The first-order valence-corrected chi connectivity index (χ1v) is 6.23. The minimum atomic E-state index is -0.514. The highest BCUT2D eigenvalue weighted by Crippen LogP contribution is 2.13. The van der Waals surface area contributed by atoms with E-state index >= 15 is 0 Å². The van der Waals surface area contributed by atoms with E-state index in [1.165, 1.54) is 14.2 Å². The monoisotopic (exact) mass is 294 g/mol. The number of carbonyl (C=O) groups is 2. The average molecular weight is 294 g/mol. The van der Waals surface area contributed by atoms with Gasteiger partial charge in [0, 0.05) is 13.2 Å². The Balaban J connectivity index is 2.47. The highest BCUT2D eigenvalue weighted by molar-refractivity contribution is 5.89. The molecule has 0 saturated heterocycles. The standard InChI is InChI=1S/C15H18O6/c1-4-14(16)21-10-13(18-2)9-20-12-7-5-11(6-8-12)15(17)19-3/h4-8,13H,1,9-10H2,2-3H3. The number of esters is 2. The topological polar surface area (TPSA) is 71.1 Å².